The molecule has 4 aromatic carbocycles. The molecule has 0 aliphatic carbocycles. The van der Waals surface area contributed by atoms with Gasteiger partial charge in [0.15, 0.2) is 0 Å². The molecule has 0 aliphatic rings. The summed E-state index contributed by atoms with van der Waals surface area (Å²) in [5.41, 5.74) is 1.90. The highest BCUT2D eigenvalue weighted by atomic mass is 16.3. The van der Waals surface area contributed by atoms with Crippen LogP contribution in [0.25, 0.3) is 55.4 Å². The summed E-state index contributed by atoms with van der Waals surface area (Å²) in [6.45, 7) is -2.84. The molecule has 2 heterocycles. The average molecular weight is 521 g/mol. The Hall–Kier alpha value is -4.17. The zero-order valence-electron chi connectivity index (χ0n) is 33.0. The van der Waals surface area contributed by atoms with Crippen molar-refractivity contribution >= 4 is 21.9 Å². The van der Waals surface area contributed by atoms with Gasteiger partial charge < -0.3 is 4.42 Å². The first-order valence-corrected chi connectivity index (χ1v) is 12.8. The minimum absolute atomic E-state index is 0.124. The van der Waals surface area contributed by atoms with Crippen molar-refractivity contribution in [2.24, 2.45) is 5.41 Å². The largest absolute Gasteiger partial charge is 0.455 e. The Labute approximate surface area is 246 Å². The number of nitrogens with zero attached hydrogens (tertiary/aromatic N) is 1. The fourth-order valence-electron chi connectivity index (χ4n) is 5.03. The molecule has 194 valence electrons. The van der Waals surface area contributed by atoms with Crippen LogP contribution < -0.4 is 0 Å². The van der Waals surface area contributed by atoms with E-state index in [2.05, 4.69) is 4.98 Å². The maximum Gasteiger partial charge on any atom is 0.144 e. The van der Waals surface area contributed by atoms with Crippen LogP contribution in [-0.4, -0.2) is 4.98 Å². The topological polar surface area (TPSA) is 26.0 Å². The van der Waals surface area contributed by atoms with E-state index in [-0.39, 0.29) is 44.5 Å². The van der Waals surface area contributed by atoms with Gasteiger partial charge in [-0.2, -0.15) is 0 Å². The molecule has 2 aromatic heterocycles. The maximum absolute atomic E-state index is 8.71. The molecule has 0 unspecified atom stereocenters. The minimum atomic E-state index is -2.73. The number of hydrogen-bond donors (Lipinski definition) is 0. The van der Waals surface area contributed by atoms with Crippen molar-refractivity contribution in [2.45, 2.75) is 47.7 Å². The molecule has 0 fully saturated rings. The smallest absolute Gasteiger partial charge is 0.144 e. The molecule has 6 rings (SSSR count). The summed E-state index contributed by atoms with van der Waals surface area (Å²) in [5, 5.41) is 1.75. The van der Waals surface area contributed by atoms with Crippen molar-refractivity contribution in [3.05, 3.63) is 113 Å². The van der Waals surface area contributed by atoms with E-state index in [0.29, 0.717) is 22.4 Å². The Kier molecular flexibility index (Phi) is 3.77. The first-order valence-electron chi connectivity index (χ1n) is 18.3. The molecule has 39 heavy (non-hydrogen) atoms. The van der Waals surface area contributed by atoms with Crippen LogP contribution in [0.5, 0.6) is 0 Å². The molecule has 2 heteroatoms. The number of hydrogen-bond acceptors (Lipinski definition) is 2. The molecule has 0 spiro atoms. The van der Waals surface area contributed by atoms with Gasteiger partial charge in [0.05, 0.1) is 5.69 Å². The summed E-state index contributed by atoms with van der Waals surface area (Å²) in [4.78, 5) is 4.51. The summed E-state index contributed by atoms with van der Waals surface area (Å²) >= 11 is 0. The Balaban J connectivity index is 1.57. The van der Waals surface area contributed by atoms with Gasteiger partial charge in [-0.05, 0) is 95.1 Å². The average Bonchev–Trinajstić information content (AvgIpc) is 3.41. The van der Waals surface area contributed by atoms with Crippen LogP contribution in [0.3, 0.4) is 0 Å². The standard InChI is InChI=1S/C37H35NO/c1-23-18-26(21-37(4,5)6)14-16-28(23)27-15-17-29(24(2)19-27)33-20-34(38-22-25(33)3)32-12-9-11-31-30-10-7-8-13-35(30)39-36(31)32/h7-20,22H,21H2,1-6H3/i1D3,2D3,3D3,21D2. The zero-order valence-corrected chi connectivity index (χ0v) is 22.0. The normalized spacial score (nSPS) is 17.5. The second-order valence-electron chi connectivity index (χ2n) is 10.8. The summed E-state index contributed by atoms with van der Waals surface area (Å²) in [6.07, 6.45) is -0.623. The SMILES string of the molecule is [2H]C([2H])([2H])c1cc(C([2H])([2H])C(C)(C)C)ccc1-c1ccc(-c2cc(-c3cccc4c3oc3ccccc34)ncc2C([2H])([2H])[2H])c(C([2H])([2H])[2H])c1. The van der Waals surface area contributed by atoms with Gasteiger partial charge in [-0.15, -0.1) is 0 Å². The van der Waals surface area contributed by atoms with Crippen molar-refractivity contribution in [1.82, 2.24) is 4.98 Å². The molecule has 0 amide bonds. The van der Waals surface area contributed by atoms with Crippen LogP contribution in [0.4, 0.5) is 0 Å². The van der Waals surface area contributed by atoms with Crippen LogP contribution in [0.2, 0.25) is 0 Å². The number of pyridine rings is 1. The molecule has 0 atom stereocenters. The van der Waals surface area contributed by atoms with E-state index in [1.54, 1.807) is 32.9 Å². The number of fused-ring (bicyclic) bond motifs is 3. The lowest BCUT2D eigenvalue weighted by Crippen LogP contribution is -2.09. The Morgan fingerprint density at radius 2 is 1.49 bits per heavy atom. The van der Waals surface area contributed by atoms with Gasteiger partial charge >= 0.3 is 0 Å². The highest BCUT2D eigenvalue weighted by Crippen LogP contribution is 2.38. The number of rotatable bonds is 4. The van der Waals surface area contributed by atoms with E-state index in [0.717, 1.165) is 10.8 Å². The number of benzene rings is 4. The number of furan rings is 1. The van der Waals surface area contributed by atoms with Gasteiger partial charge in [0.2, 0.25) is 0 Å². The van der Waals surface area contributed by atoms with Gasteiger partial charge in [-0.25, -0.2) is 0 Å². The van der Waals surface area contributed by atoms with Crippen molar-refractivity contribution in [3.8, 4) is 33.5 Å². The predicted octanol–water partition coefficient (Wildman–Crippen LogP) is 10.5. The van der Waals surface area contributed by atoms with Crippen LogP contribution >= 0.6 is 0 Å². The van der Waals surface area contributed by atoms with Crippen molar-refractivity contribution in [2.75, 3.05) is 0 Å². The summed E-state index contributed by atoms with van der Waals surface area (Å²) in [5.74, 6) is 0. The van der Waals surface area contributed by atoms with E-state index < -0.39 is 32.3 Å². The molecule has 2 nitrogen and oxygen atoms in total. The van der Waals surface area contributed by atoms with Gasteiger partial charge in [0.25, 0.3) is 0 Å². The van der Waals surface area contributed by atoms with Crippen LogP contribution in [0.15, 0.2) is 95.5 Å². The fraction of sp³-hybridized carbons (Fsp3) is 0.216. The Morgan fingerprint density at radius 3 is 2.31 bits per heavy atom. The first-order chi connectivity index (χ1) is 23.1. The van der Waals surface area contributed by atoms with E-state index in [1.807, 2.05) is 42.5 Å². The van der Waals surface area contributed by atoms with Crippen LogP contribution in [-0.2, 0) is 6.37 Å². The van der Waals surface area contributed by atoms with Crippen LogP contribution in [0.1, 0.15) is 58.1 Å². The van der Waals surface area contributed by atoms with Gasteiger partial charge in [0.1, 0.15) is 11.2 Å². The first kappa shape index (κ1) is 15.4. The van der Waals surface area contributed by atoms with E-state index in [1.165, 1.54) is 36.5 Å². The fourth-order valence-corrected chi connectivity index (χ4v) is 5.03. The molecule has 0 aliphatic heterocycles. The lowest BCUT2D eigenvalue weighted by atomic mass is 9.86. The number of para-hydroxylation sites is 2. The monoisotopic (exact) mass is 520 g/mol. The molecule has 6 aromatic rings. The number of aromatic nitrogens is 1. The third kappa shape index (κ3) is 4.76. The molecule has 0 saturated heterocycles. The second kappa shape index (κ2) is 9.54. The third-order valence-electron chi connectivity index (χ3n) is 6.74. The van der Waals surface area contributed by atoms with Gasteiger partial charge in [-0.3, -0.25) is 4.98 Å². The lowest BCUT2D eigenvalue weighted by molar-refractivity contribution is 0.411. The highest BCUT2D eigenvalue weighted by Gasteiger charge is 2.16. The summed E-state index contributed by atoms with van der Waals surface area (Å²) in [7, 11) is 0. The Bertz CT molecular complexity index is 2250. The third-order valence-corrected chi connectivity index (χ3v) is 6.74. The minimum Gasteiger partial charge on any atom is -0.455 e. The predicted molar refractivity (Wildman–Crippen MR) is 165 cm³/mol. The van der Waals surface area contributed by atoms with Crippen molar-refractivity contribution < 1.29 is 19.5 Å². The second-order valence-corrected chi connectivity index (χ2v) is 10.8. The quantitative estimate of drug-likeness (QED) is 0.231. The molecule has 0 radical (unpaired) electrons. The van der Waals surface area contributed by atoms with Crippen LogP contribution in [0, 0.1) is 26.0 Å². The van der Waals surface area contributed by atoms with E-state index >= 15 is 0 Å². The highest BCUT2D eigenvalue weighted by molar-refractivity contribution is 6.09. The number of aryl methyl sites for hydroxylation is 3. The molecular weight excluding hydrogens is 474 g/mol. The van der Waals surface area contributed by atoms with E-state index in [9.17, 15) is 0 Å². The Morgan fingerprint density at radius 1 is 0.718 bits per heavy atom. The van der Waals surface area contributed by atoms with E-state index in [4.69, 9.17) is 19.5 Å². The molecule has 0 bridgehead atoms. The zero-order chi connectivity index (χ0) is 36.6. The molecular formula is C37H35NO. The lowest BCUT2D eigenvalue weighted by Gasteiger charge is -2.19. The molecule has 0 N–H and O–H groups in total. The van der Waals surface area contributed by atoms with Gasteiger partial charge in [-0.1, -0.05) is 87.5 Å². The van der Waals surface area contributed by atoms with Crippen molar-refractivity contribution in [3.63, 3.8) is 0 Å². The molecule has 0 saturated carbocycles. The maximum atomic E-state index is 8.71. The van der Waals surface area contributed by atoms with Crippen molar-refractivity contribution in [1.29, 1.82) is 0 Å². The summed E-state index contributed by atoms with van der Waals surface area (Å²) < 4.78 is 98.9. The van der Waals surface area contributed by atoms with Gasteiger partial charge in [0, 0.05) is 37.6 Å². The summed E-state index contributed by atoms with van der Waals surface area (Å²) in [6, 6.07) is 23.5.